The summed E-state index contributed by atoms with van der Waals surface area (Å²) in [7, 11) is 0. The highest BCUT2D eigenvalue weighted by atomic mass is 16.1. The minimum Gasteiger partial charge on any atom is -0.352 e. The molecule has 0 saturated carbocycles. The number of hydrogen-bond donors (Lipinski definition) is 1. The molecule has 0 aliphatic rings. The summed E-state index contributed by atoms with van der Waals surface area (Å²) in [6, 6.07) is 19.7. The number of aromatic nitrogens is 1. The van der Waals surface area contributed by atoms with Gasteiger partial charge in [-0.2, -0.15) is 0 Å². The molecule has 3 aromatic rings. The second kappa shape index (κ2) is 6.39. The highest BCUT2D eigenvalue weighted by Gasteiger charge is 2.11. The minimum atomic E-state index is -0.0439. The third-order valence-electron chi connectivity index (χ3n) is 3.63. The lowest BCUT2D eigenvalue weighted by Crippen LogP contribution is -2.26. The number of rotatable bonds is 4. The fourth-order valence-corrected chi connectivity index (χ4v) is 2.56. The van der Waals surface area contributed by atoms with Crippen molar-refractivity contribution in [2.24, 2.45) is 0 Å². The Morgan fingerprint density at radius 3 is 2.59 bits per heavy atom. The molecule has 0 atom stereocenters. The molecule has 0 aliphatic carbocycles. The van der Waals surface area contributed by atoms with Crippen LogP contribution in [-0.2, 0) is 6.42 Å². The second-order valence-corrected chi connectivity index (χ2v) is 5.32. The smallest absolute Gasteiger partial charge is 0.252 e. The van der Waals surface area contributed by atoms with Crippen LogP contribution >= 0.6 is 0 Å². The lowest BCUT2D eigenvalue weighted by atomic mass is 10.1. The van der Waals surface area contributed by atoms with Crippen LogP contribution in [0, 0.1) is 6.92 Å². The first-order chi connectivity index (χ1) is 10.7. The van der Waals surface area contributed by atoms with Gasteiger partial charge in [-0.15, -0.1) is 0 Å². The number of carbonyl (C=O) groups is 1. The van der Waals surface area contributed by atoms with Crippen molar-refractivity contribution in [1.29, 1.82) is 0 Å². The average Bonchev–Trinajstić information content (AvgIpc) is 2.55. The van der Waals surface area contributed by atoms with Gasteiger partial charge >= 0.3 is 0 Å². The molecule has 0 aliphatic heterocycles. The van der Waals surface area contributed by atoms with Gasteiger partial charge in [-0.1, -0.05) is 48.5 Å². The third kappa shape index (κ3) is 3.14. The summed E-state index contributed by atoms with van der Waals surface area (Å²) in [5.41, 5.74) is 3.62. The zero-order chi connectivity index (χ0) is 15.4. The van der Waals surface area contributed by atoms with Crippen molar-refractivity contribution >= 4 is 16.8 Å². The van der Waals surface area contributed by atoms with Gasteiger partial charge in [0.25, 0.3) is 5.91 Å². The molecule has 1 heterocycles. The monoisotopic (exact) mass is 290 g/mol. The molecular weight excluding hydrogens is 272 g/mol. The molecule has 0 unspecified atom stereocenters. The van der Waals surface area contributed by atoms with E-state index in [1.54, 1.807) is 0 Å². The quantitative estimate of drug-likeness (QED) is 0.799. The Morgan fingerprint density at radius 1 is 1.05 bits per heavy atom. The Kier molecular flexibility index (Phi) is 4.15. The summed E-state index contributed by atoms with van der Waals surface area (Å²) < 4.78 is 0. The number of fused-ring (bicyclic) bond motifs is 1. The Bertz CT molecular complexity index is 797. The fourth-order valence-electron chi connectivity index (χ4n) is 2.56. The SMILES string of the molecule is Cc1cc(C(=O)NCCc2ccccc2)c2ccccc2n1. The molecule has 0 saturated heterocycles. The lowest BCUT2D eigenvalue weighted by Gasteiger charge is -2.09. The highest BCUT2D eigenvalue weighted by molar-refractivity contribution is 6.06. The molecule has 1 N–H and O–H groups in total. The van der Waals surface area contributed by atoms with E-state index < -0.39 is 0 Å². The van der Waals surface area contributed by atoms with Gasteiger partial charge in [0.1, 0.15) is 0 Å². The summed E-state index contributed by atoms with van der Waals surface area (Å²) in [6.07, 6.45) is 0.828. The molecule has 3 heteroatoms. The fraction of sp³-hybridized carbons (Fsp3) is 0.158. The van der Waals surface area contributed by atoms with Gasteiger partial charge in [0.05, 0.1) is 11.1 Å². The van der Waals surface area contributed by atoms with Crippen molar-refractivity contribution in [2.75, 3.05) is 6.54 Å². The first kappa shape index (κ1) is 14.3. The predicted molar refractivity (Wildman–Crippen MR) is 89.0 cm³/mol. The van der Waals surface area contributed by atoms with Crippen LogP contribution in [0.2, 0.25) is 0 Å². The predicted octanol–water partition coefficient (Wildman–Crippen LogP) is 3.52. The van der Waals surface area contributed by atoms with E-state index in [0.29, 0.717) is 12.1 Å². The molecule has 110 valence electrons. The molecule has 0 fully saturated rings. The maximum absolute atomic E-state index is 12.5. The van der Waals surface area contributed by atoms with E-state index in [0.717, 1.165) is 23.0 Å². The number of pyridine rings is 1. The molecular formula is C19H18N2O. The first-order valence-corrected chi connectivity index (χ1v) is 7.42. The van der Waals surface area contributed by atoms with Gasteiger partial charge in [-0.3, -0.25) is 9.78 Å². The molecule has 0 radical (unpaired) electrons. The van der Waals surface area contributed by atoms with Crippen LogP contribution in [0.4, 0.5) is 0 Å². The largest absolute Gasteiger partial charge is 0.352 e. The molecule has 0 spiro atoms. The number of para-hydroxylation sites is 1. The molecule has 2 aromatic carbocycles. The maximum Gasteiger partial charge on any atom is 0.252 e. The summed E-state index contributed by atoms with van der Waals surface area (Å²) in [6.45, 7) is 2.53. The average molecular weight is 290 g/mol. The van der Waals surface area contributed by atoms with Crippen LogP contribution in [0.3, 0.4) is 0 Å². The first-order valence-electron chi connectivity index (χ1n) is 7.42. The Morgan fingerprint density at radius 2 is 1.77 bits per heavy atom. The van der Waals surface area contributed by atoms with E-state index in [4.69, 9.17) is 0 Å². The molecule has 0 bridgehead atoms. The van der Waals surface area contributed by atoms with E-state index in [9.17, 15) is 4.79 Å². The van der Waals surface area contributed by atoms with Crippen molar-refractivity contribution in [3.05, 3.63) is 77.5 Å². The highest BCUT2D eigenvalue weighted by Crippen LogP contribution is 2.18. The molecule has 22 heavy (non-hydrogen) atoms. The van der Waals surface area contributed by atoms with E-state index in [2.05, 4.69) is 22.4 Å². The summed E-state index contributed by atoms with van der Waals surface area (Å²) in [5.74, 6) is -0.0439. The van der Waals surface area contributed by atoms with Crippen LogP contribution in [0.5, 0.6) is 0 Å². The summed E-state index contributed by atoms with van der Waals surface area (Å²) in [5, 5.41) is 3.89. The lowest BCUT2D eigenvalue weighted by molar-refractivity contribution is 0.0955. The van der Waals surface area contributed by atoms with Gasteiger partial charge in [0.2, 0.25) is 0 Å². The van der Waals surface area contributed by atoms with Crippen molar-refractivity contribution in [1.82, 2.24) is 10.3 Å². The third-order valence-corrected chi connectivity index (χ3v) is 3.63. The van der Waals surface area contributed by atoms with Gasteiger partial charge in [0.15, 0.2) is 0 Å². The number of carbonyl (C=O) groups excluding carboxylic acids is 1. The second-order valence-electron chi connectivity index (χ2n) is 5.32. The van der Waals surface area contributed by atoms with Gasteiger partial charge < -0.3 is 5.32 Å². The van der Waals surface area contributed by atoms with Gasteiger partial charge in [-0.25, -0.2) is 0 Å². The van der Waals surface area contributed by atoms with Crippen molar-refractivity contribution < 1.29 is 4.79 Å². The standard InChI is InChI=1S/C19H18N2O/c1-14-13-17(16-9-5-6-10-18(16)21-14)19(22)20-12-11-15-7-3-2-4-8-15/h2-10,13H,11-12H2,1H3,(H,20,22). The zero-order valence-corrected chi connectivity index (χ0v) is 12.5. The number of benzene rings is 2. The molecule has 3 nitrogen and oxygen atoms in total. The summed E-state index contributed by atoms with van der Waals surface area (Å²) in [4.78, 5) is 16.9. The Hall–Kier alpha value is -2.68. The van der Waals surface area contributed by atoms with Crippen molar-refractivity contribution in [3.63, 3.8) is 0 Å². The van der Waals surface area contributed by atoms with Crippen LogP contribution < -0.4 is 5.32 Å². The number of nitrogens with one attached hydrogen (secondary N) is 1. The van der Waals surface area contributed by atoms with Gasteiger partial charge in [-0.05, 0) is 31.0 Å². The number of nitrogens with zero attached hydrogens (tertiary/aromatic N) is 1. The van der Waals surface area contributed by atoms with E-state index >= 15 is 0 Å². The van der Waals surface area contributed by atoms with Crippen LogP contribution in [0.25, 0.3) is 10.9 Å². The molecule has 3 rings (SSSR count). The Balaban J connectivity index is 1.75. The molecule has 1 aromatic heterocycles. The minimum absolute atomic E-state index is 0.0439. The van der Waals surface area contributed by atoms with Crippen LogP contribution in [-0.4, -0.2) is 17.4 Å². The van der Waals surface area contributed by atoms with E-state index in [1.807, 2.05) is 55.5 Å². The van der Waals surface area contributed by atoms with E-state index in [-0.39, 0.29) is 5.91 Å². The van der Waals surface area contributed by atoms with Gasteiger partial charge in [0, 0.05) is 17.6 Å². The zero-order valence-electron chi connectivity index (χ0n) is 12.5. The number of hydrogen-bond acceptors (Lipinski definition) is 2. The molecule has 1 amide bonds. The van der Waals surface area contributed by atoms with Crippen LogP contribution in [0.15, 0.2) is 60.7 Å². The van der Waals surface area contributed by atoms with Crippen molar-refractivity contribution in [3.8, 4) is 0 Å². The normalized spacial score (nSPS) is 10.6. The maximum atomic E-state index is 12.5. The number of amides is 1. The Labute approximate surface area is 130 Å². The van der Waals surface area contributed by atoms with Crippen molar-refractivity contribution in [2.45, 2.75) is 13.3 Å². The topological polar surface area (TPSA) is 42.0 Å². The van der Waals surface area contributed by atoms with E-state index in [1.165, 1.54) is 5.56 Å². The van der Waals surface area contributed by atoms with Crippen LogP contribution in [0.1, 0.15) is 21.6 Å². The summed E-state index contributed by atoms with van der Waals surface area (Å²) >= 11 is 0. The number of aryl methyl sites for hydroxylation is 1.